The van der Waals surface area contributed by atoms with E-state index in [0.717, 1.165) is 16.7 Å². The Balaban J connectivity index is 1.98. The number of hydrogen-bond donors (Lipinski definition) is 1. The zero-order valence-corrected chi connectivity index (χ0v) is 16.0. The van der Waals surface area contributed by atoms with Crippen LogP contribution in [0.25, 0.3) is 11.0 Å². The first-order chi connectivity index (χ1) is 13.4. The summed E-state index contributed by atoms with van der Waals surface area (Å²) in [5, 5.41) is 10.1. The van der Waals surface area contributed by atoms with Gasteiger partial charge in [0.2, 0.25) is 5.76 Å². The van der Waals surface area contributed by atoms with Gasteiger partial charge in [-0.1, -0.05) is 12.1 Å². The van der Waals surface area contributed by atoms with Gasteiger partial charge in [0, 0.05) is 13.7 Å². The quantitative estimate of drug-likeness (QED) is 0.752. The minimum absolute atomic E-state index is 0.0786. The van der Waals surface area contributed by atoms with Gasteiger partial charge in [0.1, 0.15) is 11.3 Å². The number of rotatable bonds is 4. The average molecular weight is 379 g/mol. The highest BCUT2D eigenvalue weighted by atomic mass is 16.5. The third-order valence-corrected chi connectivity index (χ3v) is 5.33. The highest BCUT2D eigenvalue weighted by Gasteiger charge is 2.42. The first-order valence-electron chi connectivity index (χ1n) is 9.09. The summed E-state index contributed by atoms with van der Waals surface area (Å²) in [6, 6.07) is 9.55. The van der Waals surface area contributed by atoms with E-state index >= 15 is 0 Å². The molecule has 0 saturated carbocycles. The first kappa shape index (κ1) is 18.3. The van der Waals surface area contributed by atoms with E-state index < -0.39 is 6.04 Å². The van der Waals surface area contributed by atoms with Crippen LogP contribution in [0.1, 0.15) is 38.9 Å². The summed E-state index contributed by atoms with van der Waals surface area (Å²) in [6.07, 6.45) is 0. The van der Waals surface area contributed by atoms with Gasteiger partial charge in [0.15, 0.2) is 5.43 Å². The topological polar surface area (TPSA) is 80.0 Å². The number of phenols is 1. The SMILES string of the molecule is COCCN1C(=O)c2oc3cc(C)c(C)cc3c(=O)c2[C@@H]1c1ccc(O)cc1. The molecule has 144 valence electrons. The molecule has 1 aliphatic heterocycles. The average Bonchev–Trinajstić information content (AvgIpc) is 2.95. The van der Waals surface area contributed by atoms with E-state index in [-0.39, 0.29) is 22.8 Å². The molecule has 0 aliphatic carbocycles. The number of fused-ring (bicyclic) bond motifs is 2. The standard InChI is InChI=1S/C22H21NO5/c1-12-10-16-17(11-13(12)2)28-21-18(20(16)25)19(14-4-6-15(24)7-5-14)23(22(21)26)8-9-27-3/h4-7,10-11,19,24H,8-9H2,1-3H3/t19-/m0/s1. The van der Waals surface area contributed by atoms with Crippen LogP contribution < -0.4 is 5.43 Å². The molecule has 4 rings (SSSR count). The van der Waals surface area contributed by atoms with Gasteiger partial charge in [-0.05, 0) is 54.8 Å². The van der Waals surface area contributed by atoms with Crippen LogP contribution in [0.4, 0.5) is 0 Å². The highest BCUT2D eigenvalue weighted by molar-refractivity contribution is 5.99. The van der Waals surface area contributed by atoms with Gasteiger partial charge in [0.25, 0.3) is 5.91 Å². The number of phenolic OH excluding ortho intramolecular Hbond substituents is 1. The molecule has 0 spiro atoms. The number of aromatic hydroxyl groups is 1. The fourth-order valence-electron chi connectivity index (χ4n) is 3.70. The lowest BCUT2D eigenvalue weighted by Crippen LogP contribution is -2.32. The monoisotopic (exact) mass is 379 g/mol. The maximum Gasteiger partial charge on any atom is 0.290 e. The fraction of sp³-hybridized carbons (Fsp3) is 0.273. The van der Waals surface area contributed by atoms with Crippen LogP contribution in [0.2, 0.25) is 0 Å². The molecule has 6 nitrogen and oxygen atoms in total. The lowest BCUT2D eigenvalue weighted by Gasteiger charge is -2.24. The predicted molar refractivity (Wildman–Crippen MR) is 105 cm³/mol. The van der Waals surface area contributed by atoms with Crippen molar-refractivity contribution in [2.75, 3.05) is 20.3 Å². The van der Waals surface area contributed by atoms with Crippen LogP contribution >= 0.6 is 0 Å². The first-order valence-corrected chi connectivity index (χ1v) is 9.09. The van der Waals surface area contributed by atoms with Crippen LogP contribution in [0.5, 0.6) is 5.75 Å². The van der Waals surface area contributed by atoms with Gasteiger partial charge in [-0.25, -0.2) is 0 Å². The number of carbonyl (C=O) groups excluding carboxylic acids is 1. The van der Waals surface area contributed by atoms with Crippen molar-refractivity contribution in [3.63, 3.8) is 0 Å². The second kappa shape index (κ2) is 6.80. The summed E-state index contributed by atoms with van der Waals surface area (Å²) in [7, 11) is 1.56. The smallest absolute Gasteiger partial charge is 0.290 e. The fourth-order valence-corrected chi connectivity index (χ4v) is 3.70. The number of carbonyl (C=O) groups is 1. The van der Waals surface area contributed by atoms with Crippen LogP contribution in [0.3, 0.4) is 0 Å². The van der Waals surface area contributed by atoms with Crippen LogP contribution in [-0.2, 0) is 4.74 Å². The van der Waals surface area contributed by atoms with Crippen molar-refractivity contribution in [1.29, 1.82) is 0 Å². The molecular formula is C22H21NO5. The highest BCUT2D eigenvalue weighted by Crippen LogP contribution is 2.38. The molecule has 1 N–H and O–H groups in total. The molecule has 0 radical (unpaired) electrons. The van der Waals surface area contributed by atoms with Crippen LogP contribution in [-0.4, -0.2) is 36.2 Å². The van der Waals surface area contributed by atoms with Gasteiger partial charge < -0.3 is 19.2 Å². The Kier molecular flexibility index (Phi) is 4.43. The molecule has 2 heterocycles. The number of ether oxygens (including phenoxy) is 1. The zero-order chi connectivity index (χ0) is 20.0. The van der Waals surface area contributed by atoms with Crippen molar-refractivity contribution >= 4 is 16.9 Å². The largest absolute Gasteiger partial charge is 0.508 e. The van der Waals surface area contributed by atoms with Crippen molar-refractivity contribution in [3.8, 4) is 5.75 Å². The van der Waals surface area contributed by atoms with Gasteiger partial charge in [0.05, 0.1) is 23.6 Å². The Bertz CT molecular complexity index is 1130. The van der Waals surface area contributed by atoms with E-state index in [1.807, 2.05) is 19.9 Å². The summed E-state index contributed by atoms with van der Waals surface area (Å²) >= 11 is 0. The number of nitrogens with zero attached hydrogens (tertiary/aromatic N) is 1. The summed E-state index contributed by atoms with van der Waals surface area (Å²) in [5.41, 5.74) is 3.26. The second-order valence-electron chi connectivity index (χ2n) is 7.09. The van der Waals surface area contributed by atoms with Crippen molar-refractivity contribution in [1.82, 2.24) is 4.90 Å². The number of benzene rings is 2. The van der Waals surface area contributed by atoms with Crippen molar-refractivity contribution < 1.29 is 19.1 Å². The summed E-state index contributed by atoms with van der Waals surface area (Å²) in [4.78, 5) is 28.1. The molecule has 3 aromatic rings. The second-order valence-corrected chi connectivity index (χ2v) is 7.09. The van der Waals surface area contributed by atoms with Crippen LogP contribution in [0, 0.1) is 13.8 Å². The third kappa shape index (κ3) is 2.77. The zero-order valence-electron chi connectivity index (χ0n) is 16.0. The minimum atomic E-state index is -0.583. The van der Waals surface area contributed by atoms with Crippen molar-refractivity contribution in [2.45, 2.75) is 19.9 Å². The van der Waals surface area contributed by atoms with Gasteiger partial charge in [-0.2, -0.15) is 0 Å². The molecule has 1 aromatic heterocycles. The molecule has 0 fully saturated rings. The van der Waals surface area contributed by atoms with E-state index in [1.54, 1.807) is 42.3 Å². The third-order valence-electron chi connectivity index (χ3n) is 5.33. The van der Waals surface area contributed by atoms with Gasteiger partial charge in [-0.3, -0.25) is 9.59 Å². The predicted octanol–water partition coefficient (Wildman–Crippen LogP) is 3.31. The van der Waals surface area contributed by atoms with E-state index in [1.165, 1.54) is 0 Å². The van der Waals surface area contributed by atoms with E-state index in [0.29, 0.717) is 29.7 Å². The molecule has 6 heteroatoms. The number of aryl methyl sites for hydroxylation is 2. The summed E-state index contributed by atoms with van der Waals surface area (Å²) < 4.78 is 11.1. The maximum atomic E-state index is 13.4. The van der Waals surface area contributed by atoms with Gasteiger partial charge >= 0.3 is 0 Å². The molecule has 28 heavy (non-hydrogen) atoms. The Morgan fingerprint density at radius 1 is 1.11 bits per heavy atom. The van der Waals surface area contributed by atoms with E-state index in [9.17, 15) is 14.7 Å². The number of methoxy groups -OCH3 is 1. The minimum Gasteiger partial charge on any atom is -0.508 e. The lowest BCUT2D eigenvalue weighted by molar-refractivity contribution is 0.0663. The molecule has 2 aromatic carbocycles. The van der Waals surface area contributed by atoms with Gasteiger partial charge in [-0.15, -0.1) is 0 Å². The Labute approximate surface area is 162 Å². The molecule has 1 amide bonds. The normalized spacial score (nSPS) is 16.0. The number of hydrogen-bond acceptors (Lipinski definition) is 5. The Morgan fingerprint density at radius 2 is 1.79 bits per heavy atom. The summed E-state index contributed by atoms with van der Waals surface area (Å²) in [5.74, 6) is -0.134. The Morgan fingerprint density at radius 3 is 2.46 bits per heavy atom. The maximum absolute atomic E-state index is 13.4. The molecule has 1 aliphatic rings. The van der Waals surface area contributed by atoms with Crippen LogP contribution in [0.15, 0.2) is 45.6 Å². The molecule has 0 bridgehead atoms. The number of amides is 1. The molecule has 1 atom stereocenters. The van der Waals surface area contributed by atoms with E-state index in [2.05, 4.69) is 0 Å². The molecular weight excluding hydrogens is 358 g/mol. The molecule has 0 unspecified atom stereocenters. The Hall–Kier alpha value is -3.12. The van der Waals surface area contributed by atoms with Crippen molar-refractivity contribution in [3.05, 3.63) is 74.6 Å². The molecule has 0 saturated heterocycles. The van der Waals surface area contributed by atoms with Crippen molar-refractivity contribution in [2.24, 2.45) is 0 Å². The lowest BCUT2D eigenvalue weighted by atomic mass is 9.97. The summed E-state index contributed by atoms with van der Waals surface area (Å²) in [6.45, 7) is 4.53. The van der Waals surface area contributed by atoms with E-state index in [4.69, 9.17) is 9.15 Å².